The van der Waals surface area contributed by atoms with E-state index in [4.69, 9.17) is 20.0 Å². The first-order chi connectivity index (χ1) is 20.9. The van der Waals surface area contributed by atoms with Gasteiger partial charge >= 0.3 is 11.9 Å². The van der Waals surface area contributed by atoms with Crippen molar-refractivity contribution in [3.05, 3.63) is 137 Å². The molecule has 0 heterocycles. The molecule has 0 unspecified atom stereocenters. The molecule has 3 rings (SSSR count). The molecule has 3 aromatic carbocycles. The summed E-state index contributed by atoms with van der Waals surface area (Å²) in [6, 6.07) is 25.4. The van der Waals surface area contributed by atoms with Crippen LogP contribution in [-0.4, -0.2) is 11.9 Å². The number of allylic oxidation sites excluding steroid dienone is 3. The standard InChI is InChI=1S/C37H36N2O4/c1-28(26-38)12-13-29(2)42-36(40)33-20-14-30(15-21-33)10-8-6-4-3-5-7-9-11-31-16-22-34(23-17-31)37(41)43-35-24-18-32(27-39)19-25-35/h12-25H,1-11H2/b13-12-. The fourth-order valence-corrected chi connectivity index (χ4v) is 4.36. The molecular weight excluding hydrogens is 536 g/mol. The maximum atomic E-state index is 12.4. The number of ether oxygens (including phenoxy) is 2. The third-order valence-electron chi connectivity index (χ3n) is 6.84. The van der Waals surface area contributed by atoms with E-state index >= 15 is 0 Å². The Bertz CT molecular complexity index is 1500. The highest BCUT2D eigenvalue weighted by Gasteiger charge is 2.10. The Kier molecular flexibility index (Phi) is 13.2. The van der Waals surface area contributed by atoms with E-state index in [1.54, 1.807) is 48.5 Å². The summed E-state index contributed by atoms with van der Waals surface area (Å²) in [5.74, 6) is -0.326. The maximum Gasteiger partial charge on any atom is 0.343 e. The molecule has 0 bridgehead atoms. The summed E-state index contributed by atoms with van der Waals surface area (Å²) >= 11 is 0. The second-order valence-corrected chi connectivity index (χ2v) is 10.2. The van der Waals surface area contributed by atoms with Crippen LogP contribution < -0.4 is 4.74 Å². The van der Waals surface area contributed by atoms with Crippen LogP contribution in [0.3, 0.4) is 0 Å². The van der Waals surface area contributed by atoms with Crippen LogP contribution in [0.1, 0.15) is 82.4 Å². The van der Waals surface area contributed by atoms with Gasteiger partial charge in [-0.1, -0.05) is 69.5 Å². The zero-order chi connectivity index (χ0) is 30.9. The number of rotatable bonds is 16. The quantitative estimate of drug-likeness (QED) is 0.0425. The van der Waals surface area contributed by atoms with E-state index in [1.807, 2.05) is 36.4 Å². The van der Waals surface area contributed by atoms with Gasteiger partial charge in [-0.05, 0) is 97.5 Å². The van der Waals surface area contributed by atoms with Gasteiger partial charge in [-0.3, -0.25) is 0 Å². The first kappa shape index (κ1) is 32.3. The number of unbranched alkanes of at least 4 members (excludes halogenated alkanes) is 6. The zero-order valence-corrected chi connectivity index (χ0v) is 24.4. The lowest BCUT2D eigenvalue weighted by Gasteiger charge is -2.07. The summed E-state index contributed by atoms with van der Waals surface area (Å²) in [6.45, 7) is 7.19. The average molecular weight is 573 g/mol. The van der Waals surface area contributed by atoms with Crippen LogP contribution in [0.2, 0.25) is 0 Å². The number of benzene rings is 3. The molecule has 0 radical (unpaired) electrons. The maximum absolute atomic E-state index is 12.4. The summed E-state index contributed by atoms with van der Waals surface area (Å²) in [5.41, 5.74) is 4.12. The number of nitrogens with zero attached hydrogens (tertiary/aromatic N) is 2. The van der Waals surface area contributed by atoms with Crippen LogP contribution in [0.5, 0.6) is 5.75 Å². The summed E-state index contributed by atoms with van der Waals surface area (Å²) in [6.07, 6.45) is 13.0. The van der Waals surface area contributed by atoms with Crippen LogP contribution in [0.15, 0.2) is 109 Å². The van der Waals surface area contributed by atoms with Gasteiger partial charge in [0.15, 0.2) is 0 Å². The molecule has 0 aliphatic heterocycles. The summed E-state index contributed by atoms with van der Waals surface area (Å²) in [4.78, 5) is 24.6. The first-order valence-corrected chi connectivity index (χ1v) is 14.5. The van der Waals surface area contributed by atoms with Crippen molar-refractivity contribution in [1.82, 2.24) is 0 Å². The molecule has 0 aromatic heterocycles. The van der Waals surface area contributed by atoms with E-state index in [9.17, 15) is 9.59 Å². The molecule has 0 aliphatic rings. The molecule has 6 heteroatoms. The Hall–Kier alpha value is -5.20. The van der Waals surface area contributed by atoms with Crippen molar-refractivity contribution in [3.8, 4) is 17.9 Å². The van der Waals surface area contributed by atoms with Gasteiger partial charge in [0.2, 0.25) is 0 Å². The van der Waals surface area contributed by atoms with Crippen molar-refractivity contribution >= 4 is 11.9 Å². The van der Waals surface area contributed by atoms with Crippen LogP contribution in [0.25, 0.3) is 0 Å². The van der Waals surface area contributed by atoms with Gasteiger partial charge in [0, 0.05) is 5.57 Å². The number of hydrogen-bond acceptors (Lipinski definition) is 6. The molecule has 0 saturated heterocycles. The number of hydrogen-bond donors (Lipinski definition) is 0. The molecule has 0 aliphatic carbocycles. The van der Waals surface area contributed by atoms with Gasteiger partial charge in [-0.15, -0.1) is 0 Å². The van der Waals surface area contributed by atoms with Crippen molar-refractivity contribution in [3.63, 3.8) is 0 Å². The molecule has 0 spiro atoms. The summed E-state index contributed by atoms with van der Waals surface area (Å²) in [7, 11) is 0. The van der Waals surface area contributed by atoms with Crippen LogP contribution >= 0.6 is 0 Å². The molecule has 3 aromatic rings. The van der Waals surface area contributed by atoms with Gasteiger partial charge in [0.05, 0.1) is 28.8 Å². The summed E-state index contributed by atoms with van der Waals surface area (Å²) in [5, 5.41) is 17.6. The van der Waals surface area contributed by atoms with Crippen molar-refractivity contribution < 1.29 is 19.1 Å². The van der Waals surface area contributed by atoms with Crippen LogP contribution in [0.4, 0.5) is 0 Å². The SMILES string of the molecule is C=C(C#N)/C=C\C(=C)OC(=O)c1ccc(CCCCCCCCCc2ccc(C(=O)Oc3ccc(C#N)cc3)cc2)cc1. The molecule has 6 nitrogen and oxygen atoms in total. The molecule has 43 heavy (non-hydrogen) atoms. The second kappa shape index (κ2) is 17.6. The average Bonchev–Trinajstić information content (AvgIpc) is 3.03. The van der Waals surface area contributed by atoms with Crippen molar-refractivity contribution in [2.45, 2.75) is 57.8 Å². The Morgan fingerprint density at radius 1 is 0.651 bits per heavy atom. The predicted molar refractivity (Wildman–Crippen MR) is 167 cm³/mol. The Labute approximate surface area is 254 Å². The number of esters is 2. The van der Waals surface area contributed by atoms with Gasteiger partial charge in [-0.2, -0.15) is 10.5 Å². The minimum atomic E-state index is -0.485. The van der Waals surface area contributed by atoms with Crippen LogP contribution in [-0.2, 0) is 17.6 Å². The van der Waals surface area contributed by atoms with Gasteiger partial charge in [0.25, 0.3) is 0 Å². The van der Waals surface area contributed by atoms with Gasteiger partial charge in [-0.25, -0.2) is 9.59 Å². The lowest BCUT2D eigenvalue weighted by molar-refractivity contribution is 0.0637. The third-order valence-corrected chi connectivity index (χ3v) is 6.84. The lowest BCUT2D eigenvalue weighted by Crippen LogP contribution is -2.08. The fraction of sp³-hybridized carbons (Fsp3) is 0.243. The highest BCUT2D eigenvalue weighted by Crippen LogP contribution is 2.17. The predicted octanol–water partition coefficient (Wildman–Crippen LogP) is 8.60. The second-order valence-electron chi connectivity index (χ2n) is 10.2. The van der Waals surface area contributed by atoms with E-state index in [0.29, 0.717) is 22.4 Å². The topological polar surface area (TPSA) is 100 Å². The Morgan fingerprint density at radius 3 is 1.63 bits per heavy atom. The number of aryl methyl sites for hydroxylation is 2. The molecule has 0 atom stereocenters. The highest BCUT2D eigenvalue weighted by atomic mass is 16.5. The van der Waals surface area contributed by atoms with Crippen molar-refractivity contribution in [2.24, 2.45) is 0 Å². The molecular formula is C37H36N2O4. The van der Waals surface area contributed by atoms with E-state index in [2.05, 4.69) is 13.2 Å². The number of nitriles is 2. The normalized spacial score (nSPS) is 10.5. The zero-order valence-electron chi connectivity index (χ0n) is 24.4. The third kappa shape index (κ3) is 11.7. The highest BCUT2D eigenvalue weighted by molar-refractivity contribution is 5.91. The molecule has 0 amide bonds. The number of carbonyl (C=O) groups excluding carboxylic acids is 2. The van der Waals surface area contributed by atoms with Gasteiger partial charge < -0.3 is 9.47 Å². The minimum Gasteiger partial charge on any atom is -0.424 e. The fourth-order valence-electron chi connectivity index (χ4n) is 4.36. The molecule has 0 saturated carbocycles. The van der Waals surface area contributed by atoms with E-state index in [-0.39, 0.29) is 11.3 Å². The minimum absolute atomic E-state index is 0.154. The van der Waals surface area contributed by atoms with Crippen molar-refractivity contribution in [1.29, 1.82) is 10.5 Å². The van der Waals surface area contributed by atoms with Gasteiger partial charge in [0.1, 0.15) is 11.5 Å². The number of carbonyl (C=O) groups is 2. The molecule has 0 fully saturated rings. The Balaban J connectivity index is 1.24. The molecule has 218 valence electrons. The lowest BCUT2D eigenvalue weighted by atomic mass is 10.0. The first-order valence-electron chi connectivity index (χ1n) is 14.5. The van der Waals surface area contributed by atoms with Crippen LogP contribution in [0, 0.1) is 22.7 Å². The van der Waals surface area contributed by atoms with E-state index in [1.165, 1.54) is 55.4 Å². The smallest absolute Gasteiger partial charge is 0.343 e. The Morgan fingerprint density at radius 2 is 1.14 bits per heavy atom. The largest absolute Gasteiger partial charge is 0.424 e. The van der Waals surface area contributed by atoms with Crippen molar-refractivity contribution in [2.75, 3.05) is 0 Å². The van der Waals surface area contributed by atoms with E-state index in [0.717, 1.165) is 25.7 Å². The van der Waals surface area contributed by atoms with E-state index < -0.39 is 11.9 Å². The molecule has 0 N–H and O–H groups in total. The monoisotopic (exact) mass is 572 g/mol. The summed E-state index contributed by atoms with van der Waals surface area (Å²) < 4.78 is 10.6.